The maximum Gasteiger partial charge on any atom is 0.119 e. The number of hydrogen-bond acceptors (Lipinski definition) is 4. The van der Waals surface area contributed by atoms with Crippen LogP contribution in [0.5, 0.6) is 5.75 Å². The average molecular weight is 377 g/mol. The van der Waals surface area contributed by atoms with E-state index in [1.807, 2.05) is 56.3 Å². The van der Waals surface area contributed by atoms with E-state index in [4.69, 9.17) is 21.1 Å². The lowest BCUT2D eigenvalue weighted by Gasteiger charge is -2.36. The first-order valence-electron chi connectivity index (χ1n) is 8.99. The van der Waals surface area contributed by atoms with Crippen molar-refractivity contribution in [2.24, 2.45) is 0 Å². The molecule has 4 atom stereocenters. The molecule has 0 spiro atoms. The summed E-state index contributed by atoms with van der Waals surface area (Å²) < 4.78 is 11.3. The van der Waals surface area contributed by atoms with Crippen molar-refractivity contribution < 1.29 is 19.7 Å². The molecule has 1 heterocycles. The Balaban J connectivity index is 1.79. The van der Waals surface area contributed by atoms with E-state index >= 15 is 0 Å². The van der Waals surface area contributed by atoms with Gasteiger partial charge in [-0.1, -0.05) is 35.9 Å². The van der Waals surface area contributed by atoms with E-state index < -0.39 is 18.3 Å². The third kappa shape index (κ3) is 4.38. The van der Waals surface area contributed by atoms with Crippen molar-refractivity contribution in [1.82, 2.24) is 0 Å². The van der Waals surface area contributed by atoms with Gasteiger partial charge in [-0.2, -0.15) is 0 Å². The third-order valence-corrected chi connectivity index (χ3v) is 5.13. The van der Waals surface area contributed by atoms with Crippen molar-refractivity contribution >= 4 is 11.6 Å². The molecule has 3 rings (SSSR count). The van der Waals surface area contributed by atoms with Gasteiger partial charge in [0.2, 0.25) is 0 Å². The smallest absolute Gasteiger partial charge is 0.119 e. The zero-order valence-corrected chi connectivity index (χ0v) is 15.8. The molecular weight excluding hydrogens is 352 g/mol. The summed E-state index contributed by atoms with van der Waals surface area (Å²) in [5, 5.41) is 20.8. The summed E-state index contributed by atoms with van der Waals surface area (Å²) in [4.78, 5) is 0. The second-order valence-corrected chi connectivity index (χ2v) is 7.14. The normalized spacial score (nSPS) is 25.9. The molecule has 1 aliphatic heterocycles. The first-order chi connectivity index (χ1) is 12.5. The minimum absolute atomic E-state index is 0.308. The molecule has 0 amide bonds. The van der Waals surface area contributed by atoms with E-state index in [1.54, 1.807) is 0 Å². The van der Waals surface area contributed by atoms with Gasteiger partial charge in [0.1, 0.15) is 11.9 Å². The molecule has 5 heteroatoms. The topological polar surface area (TPSA) is 58.9 Å². The van der Waals surface area contributed by atoms with E-state index in [9.17, 15) is 10.2 Å². The van der Waals surface area contributed by atoms with Gasteiger partial charge < -0.3 is 19.7 Å². The number of halogens is 1. The van der Waals surface area contributed by atoms with Gasteiger partial charge in [0.15, 0.2) is 0 Å². The van der Waals surface area contributed by atoms with E-state index in [1.165, 1.54) is 0 Å². The minimum atomic E-state index is -0.735. The van der Waals surface area contributed by atoms with Crippen LogP contribution in [0.3, 0.4) is 0 Å². The summed E-state index contributed by atoms with van der Waals surface area (Å²) in [6, 6.07) is 13.7. The molecule has 0 aliphatic carbocycles. The molecule has 1 fully saturated rings. The van der Waals surface area contributed by atoms with Crippen LogP contribution >= 0.6 is 11.6 Å². The molecule has 1 aliphatic rings. The van der Waals surface area contributed by atoms with Crippen molar-refractivity contribution in [3.05, 3.63) is 64.2 Å². The first-order valence-corrected chi connectivity index (χ1v) is 9.37. The Labute approximate surface area is 159 Å². The van der Waals surface area contributed by atoms with Crippen molar-refractivity contribution in [2.75, 3.05) is 6.61 Å². The van der Waals surface area contributed by atoms with Crippen LogP contribution in [0.25, 0.3) is 0 Å². The molecular formula is C21H25ClO4. The van der Waals surface area contributed by atoms with Crippen LogP contribution in [0.2, 0.25) is 5.02 Å². The molecule has 0 bridgehead atoms. The predicted octanol–water partition coefficient (Wildman–Crippen LogP) is 3.90. The average Bonchev–Trinajstić information content (AvgIpc) is 2.62. The van der Waals surface area contributed by atoms with Gasteiger partial charge in [0, 0.05) is 11.4 Å². The maximum absolute atomic E-state index is 10.3. The molecule has 2 N–H and O–H groups in total. The summed E-state index contributed by atoms with van der Waals surface area (Å²) in [7, 11) is 0. The highest BCUT2D eigenvalue weighted by molar-refractivity contribution is 6.31. The minimum Gasteiger partial charge on any atom is -0.494 e. The molecule has 0 unspecified atom stereocenters. The number of ether oxygens (including phenoxy) is 2. The highest BCUT2D eigenvalue weighted by atomic mass is 35.5. The number of hydrogen-bond donors (Lipinski definition) is 2. The van der Waals surface area contributed by atoms with Gasteiger partial charge in [-0.25, -0.2) is 0 Å². The monoisotopic (exact) mass is 376 g/mol. The molecule has 2 aromatic rings. The number of aliphatic hydroxyl groups is 2. The summed E-state index contributed by atoms with van der Waals surface area (Å²) in [5.74, 6) is 0.849. The van der Waals surface area contributed by atoms with Crippen LogP contribution < -0.4 is 4.74 Å². The van der Waals surface area contributed by atoms with Gasteiger partial charge in [-0.05, 0) is 55.2 Å². The Bertz CT molecular complexity index is 731. The highest BCUT2D eigenvalue weighted by Gasteiger charge is 2.34. The molecule has 2 aromatic carbocycles. The molecule has 1 saturated heterocycles. The fourth-order valence-corrected chi connectivity index (χ4v) is 3.46. The summed E-state index contributed by atoms with van der Waals surface area (Å²) in [6.45, 7) is 4.42. The van der Waals surface area contributed by atoms with Crippen molar-refractivity contribution in [3.63, 3.8) is 0 Å². The van der Waals surface area contributed by atoms with Crippen molar-refractivity contribution in [1.29, 1.82) is 0 Å². The van der Waals surface area contributed by atoms with Crippen LogP contribution in [0.4, 0.5) is 0 Å². The molecule has 26 heavy (non-hydrogen) atoms. The van der Waals surface area contributed by atoms with Crippen molar-refractivity contribution in [2.45, 2.75) is 51.1 Å². The third-order valence-electron chi connectivity index (χ3n) is 4.76. The van der Waals surface area contributed by atoms with Crippen LogP contribution in [-0.4, -0.2) is 35.1 Å². The van der Waals surface area contributed by atoms with Crippen LogP contribution in [-0.2, 0) is 11.2 Å². The Morgan fingerprint density at radius 3 is 2.54 bits per heavy atom. The Morgan fingerprint density at radius 2 is 1.85 bits per heavy atom. The molecule has 0 radical (unpaired) electrons. The lowest BCUT2D eigenvalue weighted by molar-refractivity contribution is -0.164. The van der Waals surface area contributed by atoms with Crippen LogP contribution in [0.15, 0.2) is 42.5 Å². The Morgan fingerprint density at radius 1 is 1.12 bits per heavy atom. The SMILES string of the molecule is CCOc1ccc(Cc2cc([C@@H]3O[C@H](C)[C@@H](O)C[C@H]3O)ccc2Cl)cc1. The second-order valence-electron chi connectivity index (χ2n) is 6.74. The van der Waals surface area contributed by atoms with Gasteiger partial charge in [0.25, 0.3) is 0 Å². The van der Waals surface area contributed by atoms with E-state index in [0.29, 0.717) is 24.5 Å². The summed E-state index contributed by atoms with van der Waals surface area (Å²) >= 11 is 6.39. The number of aliphatic hydroxyl groups excluding tert-OH is 2. The van der Waals surface area contributed by atoms with Gasteiger partial charge >= 0.3 is 0 Å². The molecule has 0 saturated carbocycles. The molecule has 140 valence electrons. The zero-order valence-electron chi connectivity index (χ0n) is 15.1. The van der Waals surface area contributed by atoms with Gasteiger partial charge in [-0.3, -0.25) is 0 Å². The lowest BCUT2D eigenvalue weighted by atomic mass is 9.92. The second kappa shape index (κ2) is 8.40. The molecule has 4 nitrogen and oxygen atoms in total. The van der Waals surface area contributed by atoms with Gasteiger partial charge in [-0.15, -0.1) is 0 Å². The van der Waals surface area contributed by atoms with Crippen LogP contribution in [0, 0.1) is 0 Å². The Hall–Kier alpha value is -1.59. The van der Waals surface area contributed by atoms with E-state index in [0.717, 1.165) is 22.4 Å². The Kier molecular flexibility index (Phi) is 6.20. The lowest BCUT2D eigenvalue weighted by Crippen LogP contribution is -2.41. The maximum atomic E-state index is 10.3. The quantitative estimate of drug-likeness (QED) is 0.830. The predicted molar refractivity (Wildman–Crippen MR) is 102 cm³/mol. The number of rotatable bonds is 5. The van der Waals surface area contributed by atoms with Crippen molar-refractivity contribution in [3.8, 4) is 5.75 Å². The standard InChI is InChI=1S/C21H25ClO4/c1-3-25-17-7-4-14(5-8-17)10-16-11-15(6-9-18(16)22)21-20(24)12-19(23)13(2)26-21/h4-9,11,13,19-21,23-24H,3,10,12H2,1-2H3/t13-,19+,20-,21+/m1/s1. The summed E-state index contributed by atoms with van der Waals surface area (Å²) in [6.07, 6.45) is -1.15. The fraction of sp³-hybridized carbons (Fsp3) is 0.429. The van der Waals surface area contributed by atoms with E-state index in [2.05, 4.69) is 0 Å². The largest absolute Gasteiger partial charge is 0.494 e. The van der Waals surface area contributed by atoms with Crippen LogP contribution in [0.1, 0.15) is 43.1 Å². The first kappa shape index (κ1) is 19.2. The zero-order chi connectivity index (χ0) is 18.7. The molecule has 0 aromatic heterocycles. The fourth-order valence-electron chi connectivity index (χ4n) is 3.27. The highest BCUT2D eigenvalue weighted by Crippen LogP contribution is 2.34. The van der Waals surface area contributed by atoms with Gasteiger partial charge in [0.05, 0.1) is 24.9 Å². The number of benzene rings is 2. The summed E-state index contributed by atoms with van der Waals surface area (Å²) in [5.41, 5.74) is 2.98. The van der Waals surface area contributed by atoms with E-state index in [-0.39, 0.29) is 6.10 Å².